The molecule has 2 aliphatic heterocycles. The molecule has 2 aromatic rings. The molecule has 10 heteroatoms. The highest BCUT2D eigenvalue weighted by Gasteiger charge is 2.65. The van der Waals surface area contributed by atoms with Gasteiger partial charge in [0.25, 0.3) is 0 Å². The number of amides is 1. The van der Waals surface area contributed by atoms with E-state index in [4.69, 9.17) is 24.2 Å². The minimum Gasteiger partial charge on any atom is -0.492 e. The predicted molar refractivity (Wildman–Crippen MR) is 231 cm³/mol. The number of aliphatic hydroxyl groups excluding tert-OH is 2. The van der Waals surface area contributed by atoms with Gasteiger partial charge < -0.3 is 34.2 Å². The zero-order valence-corrected chi connectivity index (χ0v) is 35.5. The van der Waals surface area contributed by atoms with E-state index in [1.807, 2.05) is 36.4 Å². The van der Waals surface area contributed by atoms with E-state index in [9.17, 15) is 15.0 Å². The molecule has 1 amide bonds. The van der Waals surface area contributed by atoms with Gasteiger partial charge in [0, 0.05) is 63.7 Å². The van der Waals surface area contributed by atoms with Gasteiger partial charge in [-0.25, -0.2) is 0 Å². The first-order valence-corrected chi connectivity index (χ1v) is 22.9. The van der Waals surface area contributed by atoms with Crippen LogP contribution < -0.4 is 9.47 Å². The molecule has 1 saturated heterocycles. The lowest BCUT2D eigenvalue weighted by Gasteiger charge is -2.60. The molecule has 3 aliphatic carbocycles. The molecule has 2 heterocycles. The number of fused-ring (bicyclic) bond motifs is 2. The lowest BCUT2D eigenvalue weighted by atomic mass is 9.55. The maximum atomic E-state index is 14.8. The normalized spacial score (nSPS) is 26.7. The number of hydrogen-bond acceptors (Lipinski definition) is 9. The molecule has 322 valence electrons. The first-order valence-electron chi connectivity index (χ1n) is 22.9. The van der Waals surface area contributed by atoms with E-state index in [2.05, 4.69) is 41.5 Å². The Morgan fingerprint density at radius 1 is 1.03 bits per heavy atom. The molecule has 2 saturated carbocycles. The molecular weight excluding hydrogens is 743 g/mol. The average Bonchev–Trinajstić information content (AvgIpc) is 3.93. The van der Waals surface area contributed by atoms with Crippen LogP contribution in [0.3, 0.4) is 0 Å². The van der Waals surface area contributed by atoms with Crippen LogP contribution in [0.4, 0.5) is 0 Å². The van der Waals surface area contributed by atoms with Crippen molar-refractivity contribution < 1.29 is 34.1 Å². The molecule has 10 nitrogen and oxygen atoms in total. The molecule has 0 bridgehead atoms. The second kappa shape index (κ2) is 21.2. The minimum atomic E-state index is -1.23. The summed E-state index contributed by atoms with van der Waals surface area (Å²) in [5, 5.41) is 24.9. The summed E-state index contributed by atoms with van der Waals surface area (Å²) in [6.45, 7) is 11.4. The number of nitrogens with zero attached hydrogens (tertiary/aromatic N) is 3. The minimum absolute atomic E-state index is 0.0729. The topological polar surface area (TPSA) is 113 Å². The second-order valence-electron chi connectivity index (χ2n) is 17.5. The van der Waals surface area contributed by atoms with Crippen LogP contribution in [0.25, 0.3) is 0 Å². The number of benzene rings is 2. The van der Waals surface area contributed by atoms with Crippen LogP contribution in [-0.2, 0) is 21.0 Å². The SMILES string of the molecule is C=CCOC12Oc3ccc(OCCN4CC4)cc3C3C(CCCCO)C(CCCCO)C=C(C(=NOCc4ccccc4)CC1N(CCC)C(=O)CCC1CCCC1)C32. The van der Waals surface area contributed by atoms with E-state index in [0.717, 1.165) is 105 Å². The smallest absolute Gasteiger partial charge is 0.239 e. The molecule has 6 unspecified atom stereocenters. The highest BCUT2D eigenvalue weighted by atomic mass is 16.7. The molecule has 7 rings (SSSR count). The van der Waals surface area contributed by atoms with E-state index < -0.39 is 11.8 Å². The number of allylic oxidation sites excluding steroid dienone is 1. The van der Waals surface area contributed by atoms with Crippen LogP contribution >= 0.6 is 0 Å². The monoisotopic (exact) mass is 812 g/mol. The summed E-state index contributed by atoms with van der Waals surface area (Å²) < 4.78 is 21.0. The van der Waals surface area contributed by atoms with Gasteiger partial charge in [-0.15, -0.1) is 6.58 Å². The van der Waals surface area contributed by atoms with Crippen molar-refractivity contribution in [2.75, 3.05) is 52.6 Å². The first-order chi connectivity index (χ1) is 29.0. The van der Waals surface area contributed by atoms with Crippen molar-refractivity contribution in [3.05, 3.63) is 84.0 Å². The number of ether oxygens (including phenoxy) is 3. The molecule has 59 heavy (non-hydrogen) atoms. The van der Waals surface area contributed by atoms with Crippen LogP contribution in [0.1, 0.15) is 114 Å². The van der Waals surface area contributed by atoms with Gasteiger partial charge in [0.15, 0.2) is 0 Å². The lowest BCUT2D eigenvalue weighted by Crippen LogP contribution is -2.70. The Morgan fingerprint density at radius 2 is 1.81 bits per heavy atom. The van der Waals surface area contributed by atoms with Crippen molar-refractivity contribution in [1.82, 2.24) is 9.80 Å². The first kappa shape index (κ1) is 43.4. The van der Waals surface area contributed by atoms with Gasteiger partial charge in [-0.3, -0.25) is 9.69 Å². The standard InChI is InChI=1S/C49H69N3O7/c1-3-24-52(46(55)23-20-36-14-8-9-15-36)45-34-43(50-58-35-37-16-6-5-7-17-37)41-32-38(18-10-12-28-53)40(19-11-13-29-54)47-42-33-39(56-31-27-51-25-26-51)21-22-44(42)59-49(45,48(41)47)57-30-4-2/h4-7,16-17,21-22,32-33,36,38,40,45,47-48,53-54H,2-3,8-15,18-20,23-31,34-35H2,1H3. The van der Waals surface area contributed by atoms with Crippen LogP contribution in [0.5, 0.6) is 11.5 Å². The summed E-state index contributed by atoms with van der Waals surface area (Å²) in [5.74, 6) is 1.02. The van der Waals surface area contributed by atoms with Gasteiger partial charge in [0.2, 0.25) is 11.7 Å². The van der Waals surface area contributed by atoms with E-state index in [0.29, 0.717) is 38.5 Å². The van der Waals surface area contributed by atoms with Gasteiger partial charge in [0.05, 0.1) is 18.2 Å². The third kappa shape index (κ3) is 10.4. The Bertz CT molecular complexity index is 1720. The van der Waals surface area contributed by atoms with E-state index in [1.54, 1.807) is 6.08 Å². The Labute approximate surface area is 352 Å². The zero-order chi connectivity index (χ0) is 41.0. The number of carbonyl (C=O) groups is 1. The van der Waals surface area contributed by atoms with Crippen LogP contribution in [0.2, 0.25) is 0 Å². The summed E-state index contributed by atoms with van der Waals surface area (Å²) in [5.41, 5.74) is 4.01. The molecule has 0 radical (unpaired) electrons. The Balaban J connectivity index is 1.37. The van der Waals surface area contributed by atoms with Crippen molar-refractivity contribution in [1.29, 1.82) is 0 Å². The predicted octanol–water partition coefficient (Wildman–Crippen LogP) is 8.42. The fraction of sp³-hybridized carbons (Fsp3) is 0.633. The van der Waals surface area contributed by atoms with E-state index in [1.165, 1.54) is 25.7 Å². The fourth-order valence-corrected chi connectivity index (χ4v) is 10.5. The average molecular weight is 812 g/mol. The van der Waals surface area contributed by atoms with Crippen molar-refractivity contribution in [3.8, 4) is 11.5 Å². The van der Waals surface area contributed by atoms with Crippen LogP contribution in [0.15, 0.2) is 78.0 Å². The molecule has 0 aromatic heterocycles. The molecule has 2 aromatic carbocycles. The van der Waals surface area contributed by atoms with E-state index >= 15 is 0 Å². The largest absolute Gasteiger partial charge is 0.492 e. The number of unbranched alkanes of at least 4 members (excludes halogenated alkanes) is 2. The van der Waals surface area contributed by atoms with Crippen molar-refractivity contribution in [3.63, 3.8) is 0 Å². The molecule has 0 spiro atoms. The van der Waals surface area contributed by atoms with Gasteiger partial charge >= 0.3 is 0 Å². The number of carbonyl (C=O) groups excluding carboxylic acids is 1. The summed E-state index contributed by atoms with van der Waals surface area (Å²) in [4.78, 5) is 25.5. The highest BCUT2D eigenvalue weighted by Crippen LogP contribution is 2.62. The number of rotatable bonds is 24. The molecule has 3 fully saturated rings. The Morgan fingerprint density at radius 3 is 2.54 bits per heavy atom. The van der Waals surface area contributed by atoms with Gasteiger partial charge in [-0.1, -0.05) is 93.1 Å². The molecular formula is C49H69N3O7. The maximum Gasteiger partial charge on any atom is 0.239 e. The number of hydrogen-bond donors (Lipinski definition) is 2. The zero-order valence-electron chi connectivity index (χ0n) is 35.5. The Kier molecular flexibility index (Phi) is 15.6. The van der Waals surface area contributed by atoms with Crippen LogP contribution in [0, 0.1) is 23.7 Å². The quantitative estimate of drug-likeness (QED) is 0.0471. The second-order valence-corrected chi connectivity index (χ2v) is 17.5. The fourth-order valence-electron chi connectivity index (χ4n) is 10.5. The van der Waals surface area contributed by atoms with Gasteiger partial charge in [0.1, 0.15) is 30.8 Å². The Hall–Kier alpha value is -3.70. The molecule has 2 N–H and O–H groups in total. The number of aliphatic hydroxyl groups is 2. The third-order valence-electron chi connectivity index (χ3n) is 13.5. The van der Waals surface area contributed by atoms with Crippen molar-refractivity contribution >= 4 is 11.6 Å². The third-order valence-corrected chi connectivity index (χ3v) is 13.5. The lowest BCUT2D eigenvalue weighted by molar-refractivity contribution is -0.257. The van der Waals surface area contributed by atoms with Crippen LogP contribution in [-0.4, -0.2) is 96.1 Å². The highest BCUT2D eigenvalue weighted by molar-refractivity contribution is 6.03. The summed E-state index contributed by atoms with van der Waals surface area (Å²) >= 11 is 0. The number of oxime groups is 1. The van der Waals surface area contributed by atoms with Gasteiger partial charge in [-0.05, 0) is 85.6 Å². The van der Waals surface area contributed by atoms with Crippen molar-refractivity contribution in [2.45, 2.75) is 121 Å². The maximum absolute atomic E-state index is 14.8. The molecule has 6 atom stereocenters. The van der Waals surface area contributed by atoms with Crippen molar-refractivity contribution in [2.24, 2.45) is 28.8 Å². The van der Waals surface area contributed by atoms with E-state index in [-0.39, 0.29) is 49.4 Å². The molecule has 5 aliphatic rings. The summed E-state index contributed by atoms with van der Waals surface area (Å²) in [6.07, 6.45) is 16.7. The summed E-state index contributed by atoms with van der Waals surface area (Å²) in [6, 6.07) is 15.9. The summed E-state index contributed by atoms with van der Waals surface area (Å²) in [7, 11) is 0. The van der Waals surface area contributed by atoms with Gasteiger partial charge in [-0.2, -0.15) is 0 Å².